The molecule has 1 aromatic carbocycles. The molecule has 28 heavy (non-hydrogen) atoms. The van der Waals surface area contributed by atoms with Crippen LogP contribution in [-0.2, 0) is 22.7 Å². The van der Waals surface area contributed by atoms with Gasteiger partial charge in [-0.25, -0.2) is 9.59 Å². The third-order valence-corrected chi connectivity index (χ3v) is 4.79. The first kappa shape index (κ1) is 17.9. The molecule has 0 saturated carbocycles. The van der Waals surface area contributed by atoms with E-state index in [-0.39, 0.29) is 24.5 Å². The van der Waals surface area contributed by atoms with Crippen molar-refractivity contribution in [2.45, 2.75) is 20.1 Å². The summed E-state index contributed by atoms with van der Waals surface area (Å²) in [4.78, 5) is 25.1. The van der Waals surface area contributed by atoms with Gasteiger partial charge in [-0.3, -0.25) is 0 Å². The number of aromatic hydroxyl groups is 1. The van der Waals surface area contributed by atoms with Crippen LogP contribution in [-0.4, -0.2) is 31.3 Å². The second-order valence-electron chi connectivity index (χ2n) is 5.99. The number of hydrogen-bond donors (Lipinski definition) is 1. The molecular formula is C18H14N4O5S. The van der Waals surface area contributed by atoms with E-state index in [9.17, 15) is 14.7 Å². The van der Waals surface area contributed by atoms with Gasteiger partial charge in [-0.1, -0.05) is 0 Å². The lowest BCUT2D eigenvalue weighted by atomic mass is 10.1. The maximum absolute atomic E-state index is 12.1. The van der Waals surface area contributed by atoms with Gasteiger partial charge in [0.2, 0.25) is 5.82 Å². The van der Waals surface area contributed by atoms with E-state index >= 15 is 0 Å². The minimum atomic E-state index is -0.592. The van der Waals surface area contributed by atoms with Crippen molar-refractivity contribution in [1.29, 1.82) is 0 Å². The van der Waals surface area contributed by atoms with Crippen LogP contribution in [0.15, 0.2) is 44.2 Å². The fourth-order valence-corrected chi connectivity index (χ4v) is 3.31. The topological polar surface area (TPSA) is 120 Å². The van der Waals surface area contributed by atoms with Gasteiger partial charge in [0.25, 0.3) is 0 Å². The number of hydrogen-bond acceptors (Lipinski definition) is 9. The van der Waals surface area contributed by atoms with Crippen molar-refractivity contribution in [1.82, 2.24) is 20.2 Å². The molecule has 0 spiro atoms. The lowest BCUT2D eigenvalue weighted by molar-refractivity contribution is -0.146. The van der Waals surface area contributed by atoms with Crippen molar-refractivity contribution in [3.05, 3.63) is 56.6 Å². The molecule has 3 heterocycles. The van der Waals surface area contributed by atoms with Crippen LogP contribution in [0.4, 0.5) is 0 Å². The lowest BCUT2D eigenvalue weighted by Gasteiger charge is -2.09. The largest absolute Gasteiger partial charge is 0.508 e. The zero-order valence-electron chi connectivity index (χ0n) is 14.7. The number of thiophene rings is 1. The Balaban J connectivity index is 1.48. The summed E-state index contributed by atoms with van der Waals surface area (Å²) in [5, 5.41) is 26.0. The van der Waals surface area contributed by atoms with Crippen LogP contribution >= 0.6 is 11.3 Å². The number of benzene rings is 1. The van der Waals surface area contributed by atoms with Crippen LogP contribution < -0.4 is 5.63 Å². The predicted molar refractivity (Wildman–Crippen MR) is 99.8 cm³/mol. The summed E-state index contributed by atoms with van der Waals surface area (Å²) in [6.45, 7) is 1.30. The number of aryl methyl sites for hydroxylation is 1. The molecule has 9 nitrogen and oxygen atoms in total. The Bertz CT molecular complexity index is 1210. The molecule has 10 heteroatoms. The summed E-state index contributed by atoms with van der Waals surface area (Å²) in [6.07, 6.45) is 0. The smallest absolute Gasteiger partial charge is 0.336 e. The van der Waals surface area contributed by atoms with E-state index < -0.39 is 11.6 Å². The van der Waals surface area contributed by atoms with Gasteiger partial charge in [-0.05, 0) is 35.7 Å². The van der Waals surface area contributed by atoms with Crippen LogP contribution in [0.1, 0.15) is 11.1 Å². The average Bonchev–Trinajstić information content (AvgIpc) is 3.35. The Morgan fingerprint density at radius 2 is 2.21 bits per heavy atom. The van der Waals surface area contributed by atoms with Crippen LogP contribution in [0.3, 0.4) is 0 Å². The first-order chi connectivity index (χ1) is 13.5. The van der Waals surface area contributed by atoms with Gasteiger partial charge in [0.15, 0.2) is 6.54 Å². The summed E-state index contributed by atoms with van der Waals surface area (Å²) >= 11 is 1.51. The Kier molecular flexibility index (Phi) is 4.62. The maximum Gasteiger partial charge on any atom is 0.336 e. The number of nitrogens with zero attached hydrogens (tertiary/aromatic N) is 4. The molecule has 4 rings (SSSR count). The number of carbonyl (C=O) groups excluding carboxylic acids is 1. The molecule has 0 bridgehead atoms. The highest BCUT2D eigenvalue weighted by Crippen LogP contribution is 2.27. The Hall–Kier alpha value is -3.53. The van der Waals surface area contributed by atoms with E-state index in [0.29, 0.717) is 22.3 Å². The molecule has 0 fully saturated rings. The van der Waals surface area contributed by atoms with Crippen LogP contribution in [0.2, 0.25) is 0 Å². The predicted octanol–water partition coefficient (Wildman–Crippen LogP) is 2.27. The minimum Gasteiger partial charge on any atom is -0.508 e. The standard InChI is InChI=1S/C18H14N4O5S/c1-10-14(23)3-2-13-12(6-15(24)27-17(10)13)8-26-16(25)7-22-20-18(19-21-22)11-4-5-28-9-11/h2-6,9,23H,7-8H2,1H3. The van der Waals surface area contributed by atoms with Gasteiger partial charge in [-0.2, -0.15) is 16.1 Å². The number of ether oxygens (including phenoxy) is 1. The fourth-order valence-electron chi connectivity index (χ4n) is 2.67. The molecule has 0 saturated heterocycles. The Morgan fingerprint density at radius 1 is 1.36 bits per heavy atom. The molecule has 0 radical (unpaired) electrons. The summed E-state index contributed by atoms with van der Waals surface area (Å²) < 4.78 is 10.4. The molecule has 142 valence electrons. The maximum atomic E-state index is 12.1. The summed E-state index contributed by atoms with van der Waals surface area (Å²) in [5.41, 5.74) is 1.41. The van der Waals surface area contributed by atoms with Crippen molar-refractivity contribution >= 4 is 28.3 Å². The molecule has 3 aromatic heterocycles. The van der Waals surface area contributed by atoms with E-state index in [1.807, 2.05) is 16.8 Å². The van der Waals surface area contributed by atoms with Crippen molar-refractivity contribution in [2.75, 3.05) is 0 Å². The first-order valence-electron chi connectivity index (χ1n) is 8.22. The average molecular weight is 398 g/mol. The number of aromatic nitrogens is 4. The zero-order valence-corrected chi connectivity index (χ0v) is 15.5. The fraction of sp³-hybridized carbons (Fsp3) is 0.167. The first-order valence-corrected chi connectivity index (χ1v) is 9.17. The van der Waals surface area contributed by atoms with Crippen molar-refractivity contribution in [3.8, 4) is 17.1 Å². The molecule has 0 amide bonds. The van der Waals surface area contributed by atoms with Crippen molar-refractivity contribution in [2.24, 2.45) is 0 Å². The van der Waals surface area contributed by atoms with E-state index in [1.54, 1.807) is 13.0 Å². The van der Waals surface area contributed by atoms with Crippen molar-refractivity contribution < 1.29 is 19.1 Å². The summed E-state index contributed by atoms with van der Waals surface area (Å²) in [7, 11) is 0. The van der Waals surface area contributed by atoms with Gasteiger partial charge < -0.3 is 14.3 Å². The third kappa shape index (κ3) is 3.49. The molecule has 0 atom stereocenters. The Labute approximate surface area is 161 Å². The molecule has 0 aliphatic rings. The number of rotatable bonds is 5. The normalized spacial score (nSPS) is 11.0. The van der Waals surface area contributed by atoms with Gasteiger partial charge in [-0.15, -0.1) is 10.2 Å². The highest BCUT2D eigenvalue weighted by Gasteiger charge is 2.14. The van der Waals surface area contributed by atoms with Crippen LogP contribution in [0.25, 0.3) is 22.4 Å². The molecule has 1 N–H and O–H groups in total. The molecule has 0 aliphatic carbocycles. The minimum absolute atomic E-state index is 0.0171. The lowest BCUT2D eigenvalue weighted by Crippen LogP contribution is -2.16. The van der Waals surface area contributed by atoms with Crippen LogP contribution in [0, 0.1) is 6.92 Å². The monoisotopic (exact) mass is 398 g/mol. The van der Waals surface area contributed by atoms with Gasteiger partial charge in [0.05, 0.1) is 0 Å². The van der Waals surface area contributed by atoms with Gasteiger partial charge in [0, 0.05) is 33.5 Å². The van der Waals surface area contributed by atoms with Gasteiger partial charge >= 0.3 is 11.6 Å². The molecule has 4 aromatic rings. The van der Waals surface area contributed by atoms with E-state index in [1.165, 1.54) is 23.5 Å². The molecule has 0 unspecified atom stereocenters. The number of esters is 1. The second kappa shape index (κ2) is 7.24. The summed E-state index contributed by atoms with van der Waals surface area (Å²) in [6, 6.07) is 6.22. The highest BCUT2D eigenvalue weighted by atomic mass is 32.1. The number of fused-ring (bicyclic) bond motifs is 1. The highest BCUT2D eigenvalue weighted by molar-refractivity contribution is 7.08. The van der Waals surface area contributed by atoms with E-state index in [0.717, 1.165) is 10.4 Å². The third-order valence-electron chi connectivity index (χ3n) is 4.11. The van der Waals surface area contributed by atoms with E-state index in [4.69, 9.17) is 9.15 Å². The van der Waals surface area contributed by atoms with Gasteiger partial charge in [0.1, 0.15) is 17.9 Å². The SMILES string of the molecule is Cc1c(O)ccc2c(COC(=O)Cn3nnc(-c4ccsc4)n3)cc(=O)oc12. The molecule has 0 aliphatic heterocycles. The van der Waals surface area contributed by atoms with Crippen molar-refractivity contribution in [3.63, 3.8) is 0 Å². The summed E-state index contributed by atoms with van der Waals surface area (Å²) in [5.74, 6) is -0.134. The van der Waals surface area contributed by atoms with E-state index in [2.05, 4.69) is 15.4 Å². The quantitative estimate of drug-likeness (QED) is 0.401. The second-order valence-corrected chi connectivity index (χ2v) is 6.77. The molecular weight excluding hydrogens is 384 g/mol. The van der Waals surface area contributed by atoms with Crippen LogP contribution in [0.5, 0.6) is 5.75 Å². The number of carbonyl (C=O) groups is 1. The number of phenols is 1. The zero-order chi connectivity index (χ0) is 19.7. The number of phenolic OH excluding ortho intramolecular Hbond substituents is 1. The number of tetrazole rings is 1. The Morgan fingerprint density at radius 3 is 3.00 bits per heavy atom.